The molecule has 0 bridgehead atoms. The predicted molar refractivity (Wildman–Crippen MR) is 67.2 cm³/mol. The van der Waals surface area contributed by atoms with Gasteiger partial charge in [-0.15, -0.1) is 0 Å². The lowest BCUT2D eigenvalue weighted by Crippen LogP contribution is -2.51. The Morgan fingerprint density at radius 2 is 1.78 bits per heavy atom. The zero-order chi connectivity index (χ0) is 12.8. The highest BCUT2D eigenvalue weighted by atomic mass is 32.2. The van der Waals surface area contributed by atoms with E-state index in [1.54, 1.807) is 8.61 Å². The Morgan fingerprint density at radius 1 is 1.06 bits per heavy atom. The van der Waals surface area contributed by atoms with Gasteiger partial charge in [0.05, 0.1) is 6.10 Å². The normalized spacial score (nSPS) is 39.1. The molecule has 0 aromatic rings. The molecule has 3 unspecified atom stereocenters. The van der Waals surface area contributed by atoms with Gasteiger partial charge in [0.25, 0.3) is 10.2 Å². The third kappa shape index (κ3) is 2.08. The van der Waals surface area contributed by atoms with Crippen molar-refractivity contribution in [3.8, 4) is 0 Å². The maximum Gasteiger partial charge on any atom is 0.282 e. The van der Waals surface area contributed by atoms with Gasteiger partial charge in [0, 0.05) is 45.2 Å². The second kappa shape index (κ2) is 4.72. The SMILES string of the molecule is O=S(=O)(N1CCNCC1)N1CC2CCC(O)C2C1. The van der Waals surface area contributed by atoms with E-state index in [9.17, 15) is 13.5 Å². The molecular weight excluding hydrogens is 254 g/mol. The van der Waals surface area contributed by atoms with E-state index in [0.29, 0.717) is 32.1 Å². The number of aliphatic hydroxyl groups excluding tert-OH is 1. The third-order valence-corrected chi connectivity index (χ3v) is 6.48. The van der Waals surface area contributed by atoms with Crippen LogP contribution in [0.2, 0.25) is 0 Å². The van der Waals surface area contributed by atoms with E-state index in [4.69, 9.17) is 0 Å². The van der Waals surface area contributed by atoms with Crippen LogP contribution in [0.1, 0.15) is 12.8 Å². The number of nitrogens with one attached hydrogen (secondary N) is 1. The summed E-state index contributed by atoms with van der Waals surface area (Å²) >= 11 is 0. The fraction of sp³-hybridized carbons (Fsp3) is 1.00. The van der Waals surface area contributed by atoms with E-state index in [0.717, 1.165) is 25.9 Å². The van der Waals surface area contributed by atoms with Crippen molar-refractivity contribution in [2.45, 2.75) is 18.9 Å². The Labute approximate surface area is 108 Å². The first-order valence-electron chi connectivity index (χ1n) is 6.73. The van der Waals surface area contributed by atoms with Crippen molar-refractivity contribution in [2.75, 3.05) is 39.3 Å². The summed E-state index contributed by atoms with van der Waals surface area (Å²) in [6.45, 7) is 3.64. The molecular formula is C11H21N3O3S. The van der Waals surface area contributed by atoms with Crippen molar-refractivity contribution in [1.82, 2.24) is 13.9 Å². The maximum absolute atomic E-state index is 12.5. The lowest BCUT2D eigenvalue weighted by molar-refractivity contribution is 0.129. The Kier molecular flexibility index (Phi) is 3.36. The number of rotatable bonds is 2. The van der Waals surface area contributed by atoms with Gasteiger partial charge in [-0.05, 0) is 18.8 Å². The molecule has 3 aliphatic rings. The monoisotopic (exact) mass is 275 g/mol. The molecule has 7 heteroatoms. The first-order chi connectivity index (χ1) is 8.59. The Balaban J connectivity index is 1.71. The average molecular weight is 275 g/mol. The van der Waals surface area contributed by atoms with Crippen LogP contribution in [0.4, 0.5) is 0 Å². The smallest absolute Gasteiger partial charge is 0.282 e. The zero-order valence-electron chi connectivity index (χ0n) is 10.5. The van der Waals surface area contributed by atoms with Crippen LogP contribution in [0.3, 0.4) is 0 Å². The molecule has 0 aromatic heterocycles. The van der Waals surface area contributed by atoms with Gasteiger partial charge < -0.3 is 10.4 Å². The summed E-state index contributed by atoms with van der Waals surface area (Å²) in [4.78, 5) is 0. The fourth-order valence-electron chi connectivity index (χ4n) is 3.42. The summed E-state index contributed by atoms with van der Waals surface area (Å²) in [6.07, 6.45) is 1.48. The number of aliphatic hydroxyl groups is 1. The largest absolute Gasteiger partial charge is 0.393 e. The van der Waals surface area contributed by atoms with E-state index in [1.165, 1.54) is 0 Å². The lowest BCUT2D eigenvalue weighted by atomic mass is 10.00. The Bertz CT molecular complexity index is 408. The molecule has 3 fully saturated rings. The van der Waals surface area contributed by atoms with Crippen molar-refractivity contribution in [1.29, 1.82) is 0 Å². The number of hydrogen-bond acceptors (Lipinski definition) is 4. The lowest BCUT2D eigenvalue weighted by Gasteiger charge is -2.30. The summed E-state index contributed by atoms with van der Waals surface area (Å²) in [6, 6.07) is 0. The molecule has 1 aliphatic carbocycles. The maximum atomic E-state index is 12.5. The summed E-state index contributed by atoms with van der Waals surface area (Å²) in [5.41, 5.74) is 0. The van der Waals surface area contributed by atoms with E-state index in [-0.39, 0.29) is 12.0 Å². The van der Waals surface area contributed by atoms with Crippen LogP contribution in [0, 0.1) is 11.8 Å². The van der Waals surface area contributed by atoms with Crippen LogP contribution in [0.5, 0.6) is 0 Å². The van der Waals surface area contributed by atoms with Crippen molar-refractivity contribution >= 4 is 10.2 Å². The van der Waals surface area contributed by atoms with Crippen LogP contribution in [-0.4, -0.2) is 67.5 Å². The van der Waals surface area contributed by atoms with Crippen LogP contribution >= 0.6 is 0 Å². The molecule has 6 nitrogen and oxygen atoms in total. The van der Waals surface area contributed by atoms with Gasteiger partial charge in [-0.25, -0.2) is 0 Å². The minimum atomic E-state index is -3.31. The molecule has 104 valence electrons. The van der Waals surface area contributed by atoms with Gasteiger partial charge in [0.1, 0.15) is 0 Å². The molecule has 18 heavy (non-hydrogen) atoms. The summed E-state index contributed by atoms with van der Waals surface area (Å²) in [7, 11) is -3.31. The van der Waals surface area contributed by atoms with E-state index in [2.05, 4.69) is 5.32 Å². The van der Waals surface area contributed by atoms with Gasteiger partial charge in [0.2, 0.25) is 0 Å². The van der Waals surface area contributed by atoms with Gasteiger partial charge >= 0.3 is 0 Å². The quantitative estimate of drug-likeness (QED) is 0.667. The minimum absolute atomic E-state index is 0.155. The van der Waals surface area contributed by atoms with Crippen LogP contribution in [0.15, 0.2) is 0 Å². The topological polar surface area (TPSA) is 72.9 Å². The van der Waals surface area contributed by atoms with Crippen LogP contribution < -0.4 is 5.32 Å². The molecule has 3 rings (SSSR count). The second-order valence-electron chi connectivity index (χ2n) is 5.54. The van der Waals surface area contributed by atoms with Gasteiger partial charge in [-0.3, -0.25) is 0 Å². The van der Waals surface area contributed by atoms with Gasteiger partial charge in [-0.1, -0.05) is 0 Å². The van der Waals surface area contributed by atoms with Crippen molar-refractivity contribution in [3.63, 3.8) is 0 Å². The highest BCUT2D eigenvalue weighted by Gasteiger charge is 2.46. The molecule has 0 amide bonds. The first-order valence-corrected chi connectivity index (χ1v) is 8.13. The fourth-order valence-corrected chi connectivity index (χ4v) is 5.13. The highest BCUT2D eigenvalue weighted by molar-refractivity contribution is 7.86. The Hall–Kier alpha value is -0.210. The standard InChI is InChI=1S/C11H21N3O3S/c15-11-2-1-9-7-14(8-10(9)11)18(16,17)13-5-3-12-4-6-13/h9-12,15H,1-8H2. The molecule has 2 saturated heterocycles. The van der Waals surface area contributed by atoms with Gasteiger partial charge in [-0.2, -0.15) is 17.0 Å². The number of hydrogen-bond donors (Lipinski definition) is 2. The third-order valence-electron chi connectivity index (χ3n) is 4.51. The molecule has 0 radical (unpaired) electrons. The molecule has 2 heterocycles. The van der Waals surface area contributed by atoms with Crippen LogP contribution in [0.25, 0.3) is 0 Å². The Morgan fingerprint density at radius 3 is 2.44 bits per heavy atom. The number of fused-ring (bicyclic) bond motifs is 1. The average Bonchev–Trinajstić information content (AvgIpc) is 2.94. The molecule has 2 aliphatic heterocycles. The number of nitrogens with zero attached hydrogens (tertiary/aromatic N) is 2. The van der Waals surface area contributed by atoms with Crippen LogP contribution in [-0.2, 0) is 10.2 Å². The van der Waals surface area contributed by atoms with Crippen molar-refractivity contribution in [3.05, 3.63) is 0 Å². The zero-order valence-corrected chi connectivity index (χ0v) is 11.3. The minimum Gasteiger partial charge on any atom is -0.393 e. The second-order valence-corrected chi connectivity index (χ2v) is 7.47. The van der Waals surface area contributed by atoms with E-state index in [1.807, 2.05) is 0 Å². The molecule has 0 spiro atoms. The molecule has 0 aromatic carbocycles. The molecule has 2 N–H and O–H groups in total. The number of piperazine rings is 1. The van der Waals surface area contributed by atoms with Crippen molar-refractivity contribution < 1.29 is 13.5 Å². The first kappa shape index (κ1) is 12.8. The van der Waals surface area contributed by atoms with Crippen molar-refractivity contribution in [2.24, 2.45) is 11.8 Å². The highest BCUT2D eigenvalue weighted by Crippen LogP contribution is 2.39. The summed E-state index contributed by atoms with van der Waals surface area (Å²) < 4.78 is 28.1. The van der Waals surface area contributed by atoms with Gasteiger partial charge in [0.15, 0.2) is 0 Å². The summed E-state index contributed by atoms with van der Waals surface area (Å²) in [5.74, 6) is 0.514. The summed E-state index contributed by atoms with van der Waals surface area (Å²) in [5, 5.41) is 13.0. The predicted octanol–water partition coefficient (Wildman–Crippen LogP) is -1.16. The van der Waals surface area contributed by atoms with E-state index < -0.39 is 10.2 Å². The van der Waals surface area contributed by atoms with E-state index >= 15 is 0 Å². The molecule has 3 atom stereocenters. The molecule has 1 saturated carbocycles.